The molecule has 16 heavy (non-hydrogen) atoms. The number of hydrogen-bond acceptors (Lipinski definition) is 2. The van der Waals surface area contributed by atoms with Crippen LogP contribution in [0.2, 0.25) is 0 Å². The Balaban J connectivity index is 3.50. The second-order valence-electron chi connectivity index (χ2n) is 3.43. The van der Waals surface area contributed by atoms with E-state index in [2.05, 4.69) is 4.74 Å². The van der Waals surface area contributed by atoms with Crippen molar-refractivity contribution >= 4 is 0 Å². The Morgan fingerprint density at radius 3 is 1.75 bits per heavy atom. The van der Waals surface area contributed by atoms with Gasteiger partial charge in [0.25, 0.3) is 0 Å². The highest BCUT2D eigenvalue weighted by Crippen LogP contribution is 2.33. The van der Waals surface area contributed by atoms with Gasteiger partial charge in [-0.1, -0.05) is 13.8 Å². The second-order valence-corrected chi connectivity index (χ2v) is 3.43. The zero-order chi connectivity index (χ0) is 12.5. The van der Waals surface area contributed by atoms with E-state index in [-0.39, 0.29) is 0 Å². The maximum Gasteiger partial charge on any atom is 0.204 e. The molecule has 1 aromatic carbocycles. The van der Waals surface area contributed by atoms with E-state index in [9.17, 15) is 17.6 Å². The van der Waals surface area contributed by atoms with Gasteiger partial charge in [-0.2, -0.15) is 8.78 Å². The quantitative estimate of drug-likeness (QED) is 0.498. The number of halogens is 4. The van der Waals surface area contributed by atoms with Crippen molar-refractivity contribution in [3.8, 4) is 5.75 Å². The van der Waals surface area contributed by atoms with E-state index in [0.717, 1.165) is 0 Å². The minimum absolute atomic E-state index is 0.680. The topological polar surface area (TPSA) is 29.5 Å². The van der Waals surface area contributed by atoms with Crippen LogP contribution in [-0.4, -0.2) is 11.9 Å². The van der Waals surface area contributed by atoms with Crippen LogP contribution in [-0.2, 0) is 0 Å². The molecule has 0 aliphatic carbocycles. The molecule has 0 radical (unpaired) electrons. The lowest BCUT2D eigenvalue weighted by Gasteiger charge is -2.13. The van der Waals surface area contributed by atoms with Gasteiger partial charge >= 0.3 is 0 Å². The first-order valence-corrected chi connectivity index (χ1v) is 4.51. The fraction of sp³-hybridized carbons (Fsp3) is 0.400. The van der Waals surface area contributed by atoms with Gasteiger partial charge in [0.05, 0.1) is 0 Å². The smallest absolute Gasteiger partial charge is 0.204 e. The van der Waals surface area contributed by atoms with Gasteiger partial charge < -0.3 is 9.84 Å². The van der Waals surface area contributed by atoms with Crippen LogP contribution in [0.5, 0.6) is 5.75 Å². The van der Waals surface area contributed by atoms with Crippen molar-refractivity contribution in [1.29, 1.82) is 0 Å². The normalized spacial score (nSPS) is 11.0. The fourth-order valence-corrected chi connectivity index (χ4v) is 1.33. The van der Waals surface area contributed by atoms with E-state index in [1.807, 2.05) is 0 Å². The summed E-state index contributed by atoms with van der Waals surface area (Å²) in [6, 6.07) is 0. The molecule has 0 atom stereocenters. The molecule has 6 heteroatoms. The van der Waals surface area contributed by atoms with Gasteiger partial charge in [0, 0.05) is 5.56 Å². The van der Waals surface area contributed by atoms with Crippen molar-refractivity contribution in [2.75, 3.05) is 6.79 Å². The molecule has 1 rings (SSSR count). The van der Waals surface area contributed by atoms with E-state index in [1.54, 1.807) is 0 Å². The van der Waals surface area contributed by atoms with Gasteiger partial charge in [0.1, 0.15) is 0 Å². The van der Waals surface area contributed by atoms with E-state index < -0.39 is 47.3 Å². The van der Waals surface area contributed by atoms with Crippen LogP contribution in [0.1, 0.15) is 25.3 Å². The van der Waals surface area contributed by atoms with Crippen molar-refractivity contribution in [2.45, 2.75) is 19.8 Å². The third kappa shape index (κ3) is 1.97. The highest BCUT2D eigenvalue weighted by Gasteiger charge is 2.27. The molecule has 0 saturated carbocycles. The summed E-state index contributed by atoms with van der Waals surface area (Å²) in [5.41, 5.74) is -0.680. The molecule has 90 valence electrons. The lowest BCUT2D eigenvalue weighted by molar-refractivity contribution is 0.0879. The molecule has 0 aliphatic rings. The Bertz CT molecular complexity index is 375. The van der Waals surface area contributed by atoms with E-state index in [0.29, 0.717) is 0 Å². The Morgan fingerprint density at radius 1 is 1.00 bits per heavy atom. The lowest BCUT2D eigenvalue weighted by Crippen LogP contribution is -2.09. The molecule has 1 aromatic rings. The minimum Gasteiger partial charge on any atom is -0.461 e. The minimum atomic E-state index is -1.64. The molecule has 0 unspecified atom stereocenters. The molecular weight excluding hydrogens is 228 g/mol. The van der Waals surface area contributed by atoms with E-state index >= 15 is 0 Å². The first-order valence-electron chi connectivity index (χ1n) is 4.51. The summed E-state index contributed by atoms with van der Waals surface area (Å²) in [4.78, 5) is 0. The maximum atomic E-state index is 13.3. The highest BCUT2D eigenvalue weighted by molar-refractivity contribution is 5.35. The molecule has 0 amide bonds. The summed E-state index contributed by atoms with van der Waals surface area (Å²) in [6.07, 6.45) is 0. The summed E-state index contributed by atoms with van der Waals surface area (Å²) in [5, 5.41) is 8.33. The van der Waals surface area contributed by atoms with Crippen LogP contribution < -0.4 is 4.74 Å². The average molecular weight is 238 g/mol. The molecule has 0 fully saturated rings. The third-order valence-electron chi connectivity index (χ3n) is 2.04. The number of hydrogen-bond donors (Lipinski definition) is 1. The van der Waals surface area contributed by atoms with Gasteiger partial charge in [-0.25, -0.2) is 8.78 Å². The molecular formula is C10H10F4O2. The zero-order valence-corrected chi connectivity index (χ0v) is 8.65. The van der Waals surface area contributed by atoms with Crippen LogP contribution in [0.4, 0.5) is 17.6 Å². The summed E-state index contributed by atoms with van der Waals surface area (Å²) in [7, 11) is 0. The first-order chi connectivity index (χ1) is 7.41. The van der Waals surface area contributed by atoms with E-state index in [1.165, 1.54) is 13.8 Å². The Morgan fingerprint density at radius 2 is 1.44 bits per heavy atom. The third-order valence-corrected chi connectivity index (χ3v) is 2.04. The summed E-state index contributed by atoms with van der Waals surface area (Å²) >= 11 is 0. The van der Waals surface area contributed by atoms with Gasteiger partial charge in [-0.3, -0.25) is 0 Å². The molecule has 1 N–H and O–H groups in total. The molecule has 0 bridgehead atoms. The van der Waals surface area contributed by atoms with Gasteiger partial charge in [-0.15, -0.1) is 0 Å². The van der Waals surface area contributed by atoms with Crippen LogP contribution in [0.3, 0.4) is 0 Å². The van der Waals surface area contributed by atoms with E-state index in [4.69, 9.17) is 5.11 Å². The lowest BCUT2D eigenvalue weighted by atomic mass is 10.0. The monoisotopic (exact) mass is 238 g/mol. The Labute approximate surface area is 89.5 Å². The highest BCUT2D eigenvalue weighted by atomic mass is 19.2. The van der Waals surface area contributed by atoms with Crippen LogP contribution in [0, 0.1) is 23.3 Å². The summed E-state index contributed by atoms with van der Waals surface area (Å²) in [5.74, 6) is -8.25. The molecule has 0 aliphatic heterocycles. The zero-order valence-electron chi connectivity index (χ0n) is 8.65. The number of aliphatic hydroxyl groups excluding tert-OH is 1. The van der Waals surface area contributed by atoms with Crippen LogP contribution in [0.25, 0.3) is 0 Å². The van der Waals surface area contributed by atoms with Crippen LogP contribution in [0.15, 0.2) is 0 Å². The summed E-state index contributed by atoms with van der Waals surface area (Å²) < 4.78 is 57.2. The Kier molecular flexibility index (Phi) is 3.74. The number of aliphatic hydroxyl groups is 1. The van der Waals surface area contributed by atoms with Gasteiger partial charge in [0.15, 0.2) is 24.2 Å². The summed E-state index contributed by atoms with van der Waals surface area (Å²) in [6.45, 7) is 1.72. The molecule has 0 aromatic heterocycles. The molecule has 0 spiro atoms. The maximum absolute atomic E-state index is 13.3. The SMILES string of the molecule is CC(C)c1c(F)c(F)c(OCO)c(F)c1F. The average Bonchev–Trinajstić information content (AvgIpc) is 2.21. The standard InChI is InChI=1S/C10H10F4O2/c1-4(2)5-6(11)8(13)10(16-3-15)9(14)7(5)12/h4,15H,3H2,1-2H3. The fourth-order valence-electron chi connectivity index (χ4n) is 1.33. The van der Waals surface area contributed by atoms with Crippen molar-refractivity contribution in [3.05, 3.63) is 28.8 Å². The van der Waals surface area contributed by atoms with Crippen molar-refractivity contribution in [2.24, 2.45) is 0 Å². The van der Waals surface area contributed by atoms with Crippen molar-refractivity contribution < 1.29 is 27.4 Å². The number of ether oxygens (including phenoxy) is 1. The largest absolute Gasteiger partial charge is 0.461 e. The molecule has 2 nitrogen and oxygen atoms in total. The number of rotatable bonds is 3. The Hall–Kier alpha value is -1.30. The van der Waals surface area contributed by atoms with Crippen molar-refractivity contribution in [3.63, 3.8) is 0 Å². The number of benzene rings is 1. The van der Waals surface area contributed by atoms with Crippen LogP contribution >= 0.6 is 0 Å². The van der Waals surface area contributed by atoms with Gasteiger partial charge in [-0.05, 0) is 5.92 Å². The predicted molar refractivity (Wildman–Crippen MR) is 48.1 cm³/mol. The second kappa shape index (κ2) is 4.69. The first kappa shape index (κ1) is 12.8. The predicted octanol–water partition coefficient (Wildman–Crippen LogP) is 2.70. The molecule has 0 heterocycles. The van der Waals surface area contributed by atoms with Gasteiger partial charge in [0.2, 0.25) is 11.6 Å². The molecule has 0 saturated heterocycles. The van der Waals surface area contributed by atoms with Crippen molar-refractivity contribution in [1.82, 2.24) is 0 Å².